The number of ether oxygens (including phenoxy) is 4. The Morgan fingerprint density at radius 1 is 0.303 bits per heavy atom. The fourth-order valence-corrected chi connectivity index (χ4v) is 14.4. The van der Waals surface area contributed by atoms with Crippen LogP contribution in [0.15, 0.2) is 87.7 Å². The summed E-state index contributed by atoms with van der Waals surface area (Å²) < 4.78 is 27.0. The van der Waals surface area contributed by atoms with Gasteiger partial charge in [0.1, 0.15) is 0 Å². The van der Waals surface area contributed by atoms with Gasteiger partial charge in [0.2, 0.25) is 0 Å². The highest BCUT2D eigenvalue weighted by molar-refractivity contribution is 8.01. The number of hydrogen-bond acceptors (Lipinski definition) is 12. The van der Waals surface area contributed by atoms with E-state index in [-0.39, 0.29) is 21.7 Å². The standard InChI is InChI=1S/C60H76N4O8S4/c1-57(2,3)37-29-41-49(69-53(65)61-21-13-14-22-61)42(30-37)74-44-32-39(59(7,8)9)34-46(51(44)71-55(67)63-25-17-18-26-63)76-48-36-40(60(10,11)12)35-47(52(48)72-56(68)64-27-19-20-28-64)75-45-33-38(58(4,5)6)31-43(73-41)50(45)70-54(66)62-23-15-16-24-62/h29-36H,13-28H2,1-12H3. The molecule has 5 heterocycles. The third kappa shape index (κ3) is 12.8. The van der Waals surface area contributed by atoms with E-state index in [9.17, 15) is 19.2 Å². The minimum absolute atomic E-state index is 0.363. The number of rotatable bonds is 4. The normalized spacial score (nSPS) is 17.3. The predicted octanol–water partition coefficient (Wildman–Crippen LogP) is 16.2. The molecular formula is C60H76N4O8S4. The Morgan fingerprint density at radius 2 is 0.447 bits per heavy atom. The molecule has 0 atom stereocenters. The molecule has 0 N–H and O–H groups in total. The van der Waals surface area contributed by atoms with Gasteiger partial charge in [0.05, 0.1) is 39.2 Å². The van der Waals surface area contributed by atoms with E-state index in [4.69, 9.17) is 18.9 Å². The average molecular weight is 1110 g/mol. The Hall–Kier alpha value is -4.64. The fourth-order valence-electron chi connectivity index (χ4n) is 9.73. The van der Waals surface area contributed by atoms with Crippen LogP contribution in [-0.2, 0) is 21.7 Å². The quantitative estimate of drug-likeness (QED) is 0.170. The Bertz CT molecular complexity index is 2410. The van der Waals surface area contributed by atoms with E-state index >= 15 is 0 Å². The van der Waals surface area contributed by atoms with Crippen LogP contribution in [0, 0.1) is 0 Å². The molecule has 0 spiro atoms. The van der Waals surface area contributed by atoms with E-state index in [1.165, 1.54) is 47.0 Å². The molecule has 4 fully saturated rings. The number of carbonyl (C=O) groups is 4. The molecule has 4 aromatic carbocycles. The third-order valence-corrected chi connectivity index (χ3v) is 18.8. The summed E-state index contributed by atoms with van der Waals surface area (Å²) in [6.45, 7) is 30.7. The Morgan fingerprint density at radius 3 is 0.579 bits per heavy atom. The predicted molar refractivity (Wildman–Crippen MR) is 304 cm³/mol. The number of fused-ring (bicyclic) bond motifs is 8. The van der Waals surface area contributed by atoms with E-state index in [2.05, 4.69) is 132 Å². The molecular weight excluding hydrogens is 1030 g/mol. The zero-order chi connectivity index (χ0) is 54.5. The molecule has 0 aliphatic carbocycles. The van der Waals surface area contributed by atoms with Gasteiger partial charge in [0.15, 0.2) is 23.0 Å². The van der Waals surface area contributed by atoms with Crippen LogP contribution in [0.5, 0.6) is 23.0 Å². The van der Waals surface area contributed by atoms with Gasteiger partial charge in [-0.05, 0) is 144 Å². The van der Waals surface area contributed by atoms with Gasteiger partial charge in [-0.3, -0.25) is 0 Å². The molecule has 5 aliphatic heterocycles. The van der Waals surface area contributed by atoms with E-state index in [1.807, 2.05) is 0 Å². The lowest BCUT2D eigenvalue weighted by Gasteiger charge is -2.28. The summed E-state index contributed by atoms with van der Waals surface area (Å²) in [5.74, 6) is 1.45. The van der Waals surface area contributed by atoms with Crippen molar-refractivity contribution in [2.45, 2.75) is 195 Å². The lowest BCUT2D eigenvalue weighted by atomic mass is 9.87. The average Bonchev–Trinajstić information content (AvgIpc) is 4.20. The van der Waals surface area contributed by atoms with E-state index in [1.54, 1.807) is 19.6 Å². The lowest BCUT2D eigenvalue weighted by Crippen LogP contribution is -2.31. The van der Waals surface area contributed by atoms with Crippen LogP contribution in [0.1, 0.15) is 157 Å². The van der Waals surface area contributed by atoms with Crippen molar-refractivity contribution in [3.8, 4) is 23.0 Å². The maximum absolute atomic E-state index is 14.5. The molecule has 0 unspecified atom stereocenters. The molecule has 12 nitrogen and oxygen atoms in total. The summed E-state index contributed by atoms with van der Waals surface area (Å²) in [4.78, 5) is 70.4. The van der Waals surface area contributed by atoms with Crippen molar-refractivity contribution < 1.29 is 38.1 Å². The number of benzene rings is 4. The summed E-state index contributed by atoms with van der Waals surface area (Å²) in [6, 6.07) is 16.8. The van der Waals surface area contributed by atoms with Gasteiger partial charge in [-0.15, -0.1) is 0 Å². The van der Waals surface area contributed by atoms with Crippen LogP contribution < -0.4 is 18.9 Å². The van der Waals surface area contributed by atoms with Crippen LogP contribution >= 0.6 is 47.0 Å². The Balaban J connectivity index is 1.39. The summed E-state index contributed by atoms with van der Waals surface area (Å²) >= 11 is 5.62. The Labute approximate surface area is 467 Å². The first-order valence-corrected chi connectivity index (χ1v) is 30.4. The molecule has 76 heavy (non-hydrogen) atoms. The summed E-state index contributed by atoms with van der Waals surface area (Å²) in [6.07, 6.45) is 5.33. The Kier molecular flexibility index (Phi) is 16.4. The van der Waals surface area contributed by atoms with E-state index < -0.39 is 24.4 Å². The minimum atomic E-state index is -0.441. The van der Waals surface area contributed by atoms with Gasteiger partial charge >= 0.3 is 24.4 Å². The zero-order valence-electron chi connectivity index (χ0n) is 46.6. The van der Waals surface area contributed by atoms with Gasteiger partial charge in [-0.25, -0.2) is 19.2 Å². The smallest absolute Gasteiger partial charge is 0.408 e. The van der Waals surface area contributed by atoms with Crippen LogP contribution in [0.25, 0.3) is 0 Å². The zero-order valence-corrected chi connectivity index (χ0v) is 49.9. The second kappa shape index (κ2) is 22.2. The van der Waals surface area contributed by atoms with Crippen LogP contribution in [-0.4, -0.2) is 96.3 Å². The van der Waals surface area contributed by atoms with Crippen molar-refractivity contribution in [1.29, 1.82) is 0 Å². The highest BCUT2D eigenvalue weighted by atomic mass is 32.2. The molecule has 0 radical (unpaired) electrons. The second-order valence-electron chi connectivity index (χ2n) is 24.9. The lowest BCUT2D eigenvalue weighted by molar-refractivity contribution is 0.159. The number of carbonyl (C=O) groups excluding carboxylic acids is 4. The first-order valence-electron chi connectivity index (χ1n) is 27.1. The summed E-state index contributed by atoms with van der Waals surface area (Å²) in [7, 11) is 0. The van der Waals surface area contributed by atoms with Crippen LogP contribution in [0.2, 0.25) is 0 Å². The molecule has 4 aromatic rings. The van der Waals surface area contributed by atoms with E-state index in [0.29, 0.717) is 115 Å². The SMILES string of the molecule is CC(C)(C)c1cc2c(OC(=O)N3CCCC3)c(c1)Sc1cc(C(C)(C)C)cc(c1OC(=O)N1CCCC1)Sc1cc(C(C)(C)C)cc(c1OC(=O)N1CCCC1)Sc1cc(C(C)(C)C)cc(c1OC(=O)N1CCCC1)S2. The van der Waals surface area contributed by atoms with Crippen LogP contribution in [0.4, 0.5) is 19.2 Å². The highest BCUT2D eigenvalue weighted by Crippen LogP contribution is 2.57. The van der Waals surface area contributed by atoms with Crippen molar-refractivity contribution in [3.63, 3.8) is 0 Å². The van der Waals surface area contributed by atoms with Gasteiger partial charge < -0.3 is 38.5 Å². The monoisotopic (exact) mass is 1110 g/mol. The first kappa shape index (κ1) is 56.1. The molecule has 0 aromatic heterocycles. The molecule has 4 amide bonds. The van der Waals surface area contributed by atoms with E-state index in [0.717, 1.165) is 73.6 Å². The number of amides is 4. The molecule has 16 heteroatoms. The maximum Gasteiger partial charge on any atom is 0.415 e. The van der Waals surface area contributed by atoms with Crippen molar-refractivity contribution in [2.75, 3.05) is 52.4 Å². The minimum Gasteiger partial charge on any atom is -0.408 e. The number of likely N-dealkylation sites (tertiary alicyclic amines) is 4. The molecule has 9 rings (SSSR count). The number of nitrogens with zero attached hydrogens (tertiary/aromatic N) is 4. The highest BCUT2D eigenvalue weighted by Gasteiger charge is 2.35. The summed E-state index contributed by atoms with van der Waals surface area (Å²) in [5.41, 5.74) is 2.45. The fraction of sp³-hybridized carbons (Fsp3) is 0.533. The van der Waals surface area contributed by atoms with Crippen molar-refractivity contribution in [2.24, 2.45) is 0 Å². The molecule has 4 saturated heterocycles. The van der Waals surface area contributed by atoms with Crippen molar-refractivity contribution >= 4 is 71.4 Å². The maximum atomic E-state index is 14.5. The first-order chi connectivity index (χ1) is 35.8. The summed E-state index contributed by atoms with van der Waals surface area (Å²) in [5, 5.41) is 0. The topological polar surface area (TPSA) is 118 Å². The second-order valence-corrected chi connectivity index (χ2v) is 29.2. The van der Waals surface area contributed by atoms with Gasteiger partial charge in [-0.2, -0.15) is 0 Å². The number of hydrogen-bond donors (Lipinski definition) is 0. The van der Waals surface area contributed by atoms with Crippen molar-refractivity contribution in [3.05, 3.63) is 70.8 Å². The van der Waals surface area contributed by atoms with Gasteiger partial charge in [-0.1, -0.05) is 130 Å². The molecule has 5 aliphatic rings. The molecule has 408 valence electrons. The van der Waals surface area contributed by atoms with Gasteiger partial charge in [0.25, 0.3) is 0 Å². The third-order valence-electron chi connectivity index (χ3n) is 14.6. The van der Waals surface area contributed by atoms with Gasteiger partial charge in [0, 0.05) is 52.4 Å². The molecule has 8 bridgehead atoms. The largest absolute Gasteiger partial charge is 0.415 e. The van der Waals surface area contributed by atoms with Crippen LogP contribution in [0.3, 0.4) is 0 Å². The molecule has 0 saturated carbocycles. The van der Waals surface area contributed by atoms with Crippen molar-refractivity contribution in [1.82, 2.24) is 19.6 Å².